The van der Waals surface area contributed by atoms with Crippen LogP contribution in [0.25, 0.3) is 0 Å². The van der Waals surface area contributed by atoms with Gasteiger partial charge in [-0.05, 0) is 98.4 Å². The first-order valence-electron chi connectivity index (χ1n) is 12.3. The first kappa shape index (κ1) is 23.2. The van der Waals surface area contributed by atoms with Crippen molar-refractivity contribution >= 4 is 27.3 Å². The predicted molar refractivity (Wildman–Crippen MR) is 135 cm³/mol. The first-order valence-corrected chi connectivity index (χ1v) is 14.2. The van der Waals surface area contributed by atoms with Crippen molar-refractivity contribution in [2.24, 2.45) is 17.8 Å². The van der Waals surface area contributed by atoms with Crippen molar-refractivity contribution in [1.82, 2.24) is 0 Å². The zero-order chi connectivity index (χ0) is 23.9. The number of rotatable bonds is 8. The van der Waals surface area contributed by atoms with Crippen molar-refractivity contribution in [3.05, 3.63) is 54.1 Å². The molecule has 0 unspecified atom stereocenters. The Bertz CT molecular complexity index is 1120. The van der Waals surface area contributed by atoms with Gasteiger partial charge in [0.15, 0.2) is 0 Å². The van der Waals surface area contributed by atoms with Crippen molar-refractivity contribution in [2.75, 3.05) is 29.0 Å². The van der Waals surface area contributed by atoms with Crippen LogP contribution in [0.5, 0.6) is 5.75 Å². The van der Waals surface area contributed by atoms with Crippen molar-refractivity contribution in [2.45, 2.75) is 50.9 Å². The average Bonchev–Trinajstić information content (AvgIpc) is 2.76. The number of sulfonamides is 1. The van der Waals surface area contributed by atoms with E-state index in [0.29, 0.717) is 23.7 Å². The Morgan fingerprint density at radius 2 is 1.65 bits per heavy atom. The maximum absolute atomic E-state index is 12.8. The van der Waals surface area contributed by atoms with E-state index in [2.05, 4.69) is 17.4 Å². The summed E-state index contributed by atoms with van der Waals surface area (Å²) in [4.78, 5) is 12.8. The van der Waals surface area contributed by atoms with Gasteiger partial charge in [0.2, 0.25) is 15.9 Å². The van der Waals surface area contributed by atoms with E-state index in [0.717, 1.165) is 24.0 Å². The zero-order valence-electron chi connectivity index (χ0n) is 20.0. The molecule has 0 aliphatic heterocycles. The molecule has 0 spiro atoms. The van der Waals surface area contributed by atoms with Crippen LogP contribution in [0.4, 0.5) is 11.4 Å². The minimum atomic E-state index is -3.63. The summed E-state index contributed by atoms with van der Waals surface area (Å²) in [5.74, 6) is 2.81. The van der Waals surface area contributed by atoms with E-state index in [9.17, 15) is 13.2 Å². The summed E-state index contributed by atoms with van der Waals surface area (Å²) in [6.45, 7) is 2.14. The molecular formula is C27H34N2O4S. The quantitative estimate of drug-likeness (QED) is 0.577. The fourth-order valence-electron chi connectivity index (χ4n) is 7.01. The van der Waals surface area contributed by atoms with Crippen LogP contribution in [0.1, 0.15) is 51.0 Å². The van der Waals surface area contributed by atoms with Gasteiger partial charge in [-0.15, -0.1) is 0 Å². The summed E-state index contributed by atoms with van der Waals surface area (Å²) in [7, 11) is -3.63. The number of nitrogens with zero attached hydrogens (tertiary/aromatic N) is 1. The number of nitrogens with one attached hydrogen (secondary N) is 1. The normalized spacial score (nSPS) is 27.4. The van der Waals surface area contributed by atoms with Crippen molar-refractivity contribution < 1.29 is 17.9 Å². The van der Waals surface area contributed by atoms with E-state index in [1.165, 1.54) is 48.4 Å². The van der Waals surface area contributed by atoms with Gasteiger partial charge in [0.25, 0.3) is 0 Å². The van der Waals surface area contributed by atoms with E-state index in [1.54, 1.807) is 18.2 Å². The smallest absolute Gasteiger partial charge is 0.245 e. The van der Waals surface area contributed by atoms with Crippen LogP contribution in [0, 0.1) is 17.8 Å². The molecule has 0 aromatic heterocycles. The van der Waals surface area contributed by atoms with Crippen LogP contribution in [0.15, 0.2) is 48.5 Å². The second-order valence-electron chi connectivity index (χ2n) is 10.5. The summed E-state index contributed by atoms with van der Waals surface area (Å²) in [6.07, 6.45) is 9.10. The maximum atomic E-state index is 12.8. The summed E-state index contributed by atoms with van der Waals surface area (Å²) >= 11 is 0. The number of carbonyl (C=O) groups excluding carboxylic acids is 1. The SMILES string of the molecule is CCOc1cccc(NC(=O)CN(c2ccc(C34CC5CC(CC(C5)C3)C4)cc2)S(C)(=O)=O)c1. The first-order chi connectivity index (χ1) is 16.2. The standard InChI is InChI=1S/C27H34N2O4S/c1-3-33-25-6-4-5-23(14-25)28-26(30)18-29(34(2,31)32)24-9-7-22(8-10-24)27-15-19-11-20(16-27)13-21(12-19)17-27/h4-10,14,19-21H,3,11-13,15-18H2,1-2H3,(H,28,30). The van der Waals surface area contributed by atoms with Gasteiger partial charge < -0.3 is 10.1 Å². The number of ether oxygens (including phenoxy) is 1. The van der Waals surface area contributed by atoms with E-state index in [4.69, 9.17) is 4.74 Å². The van der Waals surface area contributed by atoms with Gasteiger partial charge in [-0.25, -0.2) is 8.42 Å². The van der Waals surface area contributed by atoms with Gasteiger partial charge in [-0.3, -0.25) is 9.10 Å². The number of benzene rings is 2. The monoisotopic (exact) mass is 482 g/mol. The zero-order valence-corrected chi connectivity index (χ0v) is 20.8. The number of hydrogen-bond donors (Lipinski definition) is 1. The minimum absolute atomic E-state index is 0.256. The van der Waals surface area contributed by atoms with Crippen LogP contribution in [0.3, 0.4) is 0 Å². The summed E-state index contributed by atoms with van der Waals surface area (Å²) < 4.78 is 31.8. The van der Waals surface area contributed by atoms with Crippen molar-refractivity contribution in [1.29, 1.82) is 0 Å². The Kier molecular flexibility index (Phi) is 6.09. The Balaban J connectivity index is 1.32. The number of amides is 1. The molecule has 4 fully saturated rings. The van der Waals surface area contributed by atoms with Crippen LogP contribution in [-0.4, -0.2) is 33.7 Å². The molecule has 4 bridgehead atoms. The molecule has 7 heteroatoms. The van der Waals surface area contributed by atoms with Gasteiger partial charge in [-0.1, -0.05) is 18.2 Å². The highest BCUT2D eigenvalue weighted by Crippen LogP contribution is 2.60. The van der Waals surface area contributed by atoms with Crippen LogP contribution in [0.2, 0.25) is 0 Å². The van der Waals surface area contributed by atoms with Gasteiger partial charge >= 0.3 is 0 Å². The molecule has 0 saturated heterocycles. The second-order valence-corrected chi connectivity index (χ2v) is 12.4. The largest absolute Gasteiger partial charge is 0.494 e. The molecule has 1 amide bonds. The van der Waals surface area contributed by atoms with E-state index >= 15 is 0 Å². The average molecular weight is 483 g/mol. The molecule has 2 aromatic rings. The molecule has 1 N–H and O–H groups in total. The molecule has 0 heterocycles. The highest BCUT2D eigenvalue weighted by molar-refractivity contribution is 7.92. The molecule has 4 aliphatic rings. The number of anilines is 2. The van der Waals surface area contributed by atoms with Crippen molar-refractivity contribution in [3.63, 3.8) is 0 Å². The Hall–Kier alpha value is -2.54. The third kappa shape index (κ3) is 4.67. The molecule has 6 nitrogen and oxygen atoms in total. The topological polar surface area (TPSA) is 75.7 Å². The van der Waals surface area contributed by atoms with Gasteiger partial charge in [0.1, 0.15) is 12.3 Å². The molecule has 34 heavy (non-hydrogen) atoms. The summed E-state index contributed by atoms with van der Waals surface area (Å²) in [6, 6.07) is 15.0. The second kappa shape index (κ2) is 8.91. The Morgan fingerprint density at radius 3 is 2.21 bits per heavy atom. The Labute approximate surface area is 202 Å². The lowest BCUT2D eigenvalue weighted by atomic mass is 9.48. The third-order valence-corrected chi connectivity index (χ3v) is 9.06. The molecule has 6 rings (SSSR count). The third-order valence-electron chi connectivity index (χ3n) is 7.92. The molecule has 4 saturated carbocycles. The number of hydrogen-bond acceptors (Lipinski definition) is 4. The number of carbonyl (C=O) groups is 1. The van der Waals surface area contributed by atoms with Gasteiger partial charge in [0.05, 0.1) is 18.6 Å². The van der Waals surface area contributed by atoms with E-state index in [1.807, 2.05) is 25.1 Å². The fraction of sp³-hybridized carbons (Fsp3) is 0.519. The molecule has 0 radical (unpaired) electrons. The summed E-state index contributed by atoms with van der Waals surface area (Å²) in [5, 5.41) is 2.79. The lowest BCUT2D eigenvalue weighted by Gasteiger charge is -2.57. The lowest BCUT2D eigenvalue weighted by Crippen LogP contribution is -2.48. The minimum Gasteiger partial charge on any atom is -0.494 e. The maximum Gasteiger partial charge on any atom is 0.245 e. The fourth-order valence-corrected chi connectivity index (χ4v) is 7.86. The van der Waals surface area contributed by atoms with Crippen molar-refractivity contribution in [3.8, 4) is 5.75 Å². The van der Waals surface area contributed by atoms with Gasteiger partial charge in [-0.2, -0.15) is 0 Å². The molecule has 4 aliphatic carbocycles. The van der Waals surface area contributed by atoms with E-state index < -0.39 is 15.9 Å². The molecule has 182 valence electrons. The summed E-state index contributed by atoms with van der Waals surface area (Å²) in [5.41, 5.74) is 2.68. The van der Waals surface area contributed by atoms with Crippen LogP contribution in [-0.2, 0) is 20.2 Å². The Morgan fingerprint density at radius 1 is 1.03 bits per heavy atom. The lowest BCUT2D eigenvalue weighted by molar-refractivity contribution is -0.114. The van der Waals surface area contributed by atoms with E-state index in [-0.39, 0.29) is 12.0 Å². The van der Waals surface area contributed by atoms with Gasteiger partial charge in [0, 0.05) is 11.8 Å². The highest BCUT2D eigenvalue weighted by atomic mass is 32.2. The highest BCUT2D eigenvalue weighted by Gasteiger charge is 2.51. The molecular weight excluding hydrogens is 448 g/mol. The van der Waals surface area contributed by atoms with Crippen LogP contribution >= 0.6 is 0 Å². The van der Waals surface area contributed by atoms with Crippen LogP contribution < -0.4 is 14.4 Å². The molecule has 2 aromatic carbocycles. The predicted octanol–water partition coefficient (Wildman–Crippen LogP) is 4.96. The molecule has 0 atom stereocenters.